The van der Waals surface area contributed by atoms with Crippen molar-refractivity contribution in [2.45, 2.75) is 13.8 Å². The van der Waals surface area contributed by atoms with Crippen molar-refractivity contribution in [2.75, 3.05) is 5.73 Å². The standard InChI is InChI=1S/C12H12N4O/c1-7-3-5-15-12(13)10(7)11(17)9-4-6-14-8(2)16-9/h3-6H,1-2H3,(H2,13,15). The van der Waals surface area contributed by atoms with Gasteiger partial charge in [0.1, 0.15) is 17.3 Å². The van der Waals surface area contributed by atoms with Gasteiger partial charge < -0.3 is 5.73 Å². The van der Waals surface area contributed by atoms with E-state index in [0.717, 1.165) is 5.56 Å². The van der Waals surface area contributed by atoms with Crippen LogP contribution in [0.15, 0.2) is 24.5 Å². The SMILES string of the molecule is Cc1nccc(C(=O)c2c(C)ccnc2N)n1. The van der Waals surface area contributed by atoms with Crippen LogP contribution in [0.25, 0.3) is 0 Å². The van der Waals surface area contributed by atoms with Crippen LogP contribution >= 0.6 is 0 Å². The van der Waals surface area contributed by atoms with Crippen LogP contribution in [-0.4, -0.2) is 20.7 Å². The number of nitrogens with zero attached hydrogens (tertiary/aromatic N) is 3. The van der Waals surface area contributed by atoms with E-state index in [1.54, 1.807) is 31.5 Å². The molecule has 2 aromatic rings. The van der Waals surface area contributed by atoms with Crippen LogP contribution in [0.4, 0.5) is 5.82 Å². The molecule has 0 spiro atoms. The number of anilines is 1. The van der Waals surface area contributed by atoms with Gasteiger partial charge in [0.05, 0.1) is 5.56 Å². The maximum Gasteiger partial charge on any atom is 0.215 e. The molecule has 5 heteroatoms. The maximum atomic E-state index is 12.2. The van der Waals surface area contributed by atoms with Crippen LogP contribution in [0.5, 0.6) is 0 Å². The highest BCUT2D eigenvalue weighted by molar-refractivity contribution is 6.11. The van der Waals surface area contributed by atoms with Crippen molar-refractivity contribution in [3.8, 4) is 0 Å². The molecule has 0 amide bonds. The van der Waals surface area contributed by atoms with Gasteiger partial charge in [0.15, 0.2) is 0 Å². The number of pyridine rings is 1. The Bertz CT molecular complexity index is 560. The number of nitrogen functional groups attached to an aromatic ring is 1. The third-order valence-corrected chi connectivity index (χ3v) is 2.42. The zero-order valence-electron chi connectivity index (χ0n) is 9.64. The van der Waals surface area contributed by atoms with E-state index in [1.165, 1.54) is 0 Å². The molecular formula is C12H12N4O. The summed E-state index contributed by atoms with van der Waals surface area (Å²) in [5.74, 6) is 0.556. The van der Waals surface area contributed by atoms with Crippen molar-refractivity contribution < 1.29 is 4.79 Å². The molecule has 5 nitrogen and oxygen atoms in total. The average molecular weight is 228 g/mol. The van der Waals surface area contributed by atoms with E-state index in [9.17, 15) is 4.79 Å². The Hall–Kier alpha value is -2.30. The molecule has 0 radical (unpaired) electrons. The van der Waals surface area contributed by atoms with Crippen molar-refractivity contribution in [1.29, 1.82) is 0 Å². The van der Waals surface area contributed by atoms with Crippen LogP contribution < -0.4 is 5.73 Å². The Balaban J connectivity index is 2.51. The van der Waals surface area contributed by atoms with Gasteiger partial charge in [-0.25, -0.2) is 15.0 Å². The van der Waals surface area contributed by atoms with Crippen molar-refractivity contribution in [2.24, 2.45) is 0 Å². The predicted molar refractivity (Wildman–Crippen MR) is 63.6 cm³/mol. The van der Waals surface area contributed by atoms with E-state index in [1.807, 2.05) is 6.92 Å². The molecule has 0 saturated heterocycles. The summed E-state index contributed by atoms with van der Waals surface area (Å²) in [5, 5.41) is 0. The first kappa shape index (κ1) is 11.2. The molecule has 2 aromatic heterocycles. The third kappa shape index (κ3) is 2.13. The number of aromatic nitrogens is 3. The van der Waals surface area contributed by atoms with Gasteiger partial charge in [-0.05, 0) is 31.5 Å². The Morgan fingerprint density at radius 1 is 1.18 bits per heavy atom. The van der Waals surface area contributed by atoms with Crippen LogP contribution in [0.1, 0.15) is 27.4 Å². The number of aryl methyl sites for hydroxylation is 2. The van der Waals surface area contributed by atoms with Crippen molar-refractivity contribution >= 4 is 11.6 Å². The van der Waals surface area contributed by atoms with E-state index < -0.39 is 0 Å². The molecule has 0 aliphatic heterocycles. The van der Waals surface area contributed by atoms with Crippen LogP contribution in [0.2, 0.25) is 0 Å². The smallest absolute Gasteiger partial charge is 0.215 e. The largest absolute Gasteiger partial charge is 0.383 e. The van der Waals surface area contributed by atoms with Crippen LogP contribution in [0.3, 0.4) is 0 Å². The lowest BCUT2D eigenvalue weighted by molar-refractivity contribution is 0.103. The van der Waals surface area contributed by atoms with E-state index in [0.29, 0.717) is 17.1 Å². The van der Waals surface area contributed by atoms with Crippen molar-refractivity contribution in [1.82, 2.24) is 15.0 Å². The second-order valence-electron chi connectivity index (χ2n) is 3.71. The molecule has 2 rings (SSSR count). The summed E-state index contributed by atoms with van der Waals surface area (Å²) in [6, 6.07) is 3.32. The fraction of sp³-hybridized carbons (Fsp3) is 0.167. The first-order valence-electron chi connectivity index (χ1n) is 5.15. The number of hydrogen-bond acceptors (Lipinski definition) is 5. The molecule has 0 saturated carbocycles. The van der Waals surface area contributed by atoms with Gasteiger partial charge in [-0.2, -0.15) is 0 Å². The first-order chi connectivity index (χ1) is 8.09. The molecule has 0 bridgehead atoms. The van der Waals surface area contributed by atoms with Gasteiger partial charge in [0, 0.05) is 12.4 Å². The van der Waals surface area contributed by atoms with E-state index in [4.69, 9.17) is 5.73 Å². The fourth-order valence-corrected chi connectivity index (χ4v) is 1.59. The normalized spacial score (nSPS) is 10.2. The average Bonchev–Trinajstić information content (AvgIpc) is 2.28. The number of rotatable bonds is 2. The van der Waals surface area contributed by atoms with Crippen molar-refractivity contribution in [3.05, 3.63) is 47.2 Å². The van der Waals surface area contributed by atoms with E-state index in [-0.39, 0.29) is 11.6 Å². The Kier molecular flexibility index (Phi) is 2.82. The fourth-order valence-electron chi connectivity index (χ4n) is 1.59. The number of ketones is 1. The molecule has 0 unspecified atom stereocenters. The summed E-state index contributed by atoms with van der Waals surface area (Å²) in [6.45, 7) is 3.55. The Morgan fingerprint density at radius 2 is 1.88 bits per heavy atom. The summed E-state index contributed by atoms with van der Waals surface area (Å²) in [6.07, 6.45) is 3.13. The zero-order valence-corrected chi connectivity index (χ0v) is 9.64. The van der Waals surface area contributed by atoms with Crippen LogP contribution in [0, 0.1) is 13.8 Å². The van der Waals surface area contributed by atoms with Gasteiger partial charge >= 0.3 is 0 Å². The molecule has 0 aliphatic rings. The molecule has 0 aliphatic carbocycles. The second-order valence-corrected chi connectivity index (χ2v) is 3.71. The summed E-state index contributed by atoms with van der Waals surface area (Å²) in [7, 11) is 0. The van der Waals surface area contributed by atoms with Crippen LogP contribution in [-0.2, 0) is 0 Å². The zero-order chi connectivity index (χ0) is 12.4. The number of hydrogen-bond donors (Lipinski definition) is 1. The summed E-state index contributed by atoms with van der Waals surface area (Å²) in [5.41, 5.74) is 7.25. The number of nitrogens with two attached hydrogens (primary N) is 1. The highest BCUT2D eigenvalue weighted by atomic mass is 16.1. The third-order valence-electron chi connectivity index (χ3n) is 2.42. The minimum atomic E-state index is -0.224. The van der Waals surface area contributed by atoms with Crippen molar-refractivity contribution in [3.63, 3.8) is 0 Å². The Morgan fingerprint density at radius 3 is 2.53 bits per heavy atom. The number of carbonyl (C=O) groups is 1. The molecule has 0 fully saturated rings. The quantitative estimate of drug-likeness (QED) is 0.783. The highest BCUT2D eigenvalue weighted by Gasteiger charge is 2.17. The first-order valence-corrected chi connectivity index (χ1v) is 5.15. The molecule has 86 valence electrons. The second kappa shape index (κ2) is 4.29. The molecule has 0 atom stereocenters. The predicted octanol–water partition coefficient (Wildman–Crippen LogP) is 1.30. The molecular weight excluding hydrogens is 216 g/mol. The molecule has 2 N–H and O–H groups in total. The lowest BCUT2D eigenvalue weighted by Gasteiger charge is -2.06. The van der Waals surface area contributed by atoms with Gasteiger partial charge in [-0.3, -0.25) is 4.79 Å². The van der Waals surface area contributed by atoms with E-state index >= 15 is 0 Å². The highest BCUT2D eigenvalue weighted by Crippen LogP contribution is 2.17. The van der Waals surface area contributed by atoms with E-state index in [2.05, 4.69) is 15.0 Å². The van der Waals surface area contributed by atoms with Gasteiger partial charge in [-0.15, -0.1) is 0 Å². The minimum Gasteiger partial charge on any atom is -0.383 e. The van der Waals surface area contributed by atoms with Gasteiger partial charge in [0.2, 0.25) is 5.78 Å². The Labute approximate surface area is 98.7 Å². The molecule has 0 aromatic carbocycles. The summed E-state index contributed by atoms with van der Waals surface area (Å²) >= 11 is 0. The summed E-state index contributed by atoms with van der Waals surface area (Å²) < 4.78 is 0. The topological polar surface area (TPSA) is 81.8 Å². The molecule has 17 heavy (non-hydrogen) atoms. The van der Waals surface area contributed by atoms with Gasteiger partial charge in [-0.1, -0.05) is 0 Å². The minimum absolute atomic E-state index is 0.224. The maximum absolute atomic E-state index is 12.2. The van der Waals surface area contributed by atoms with Gasteiger partial charge in [0.25, 0.3) is 0 Å². The number of carbonyl (C=O) groups excluding carboxylic acids is 1. The lowest BCUT2D eigenvalue weighted by Crippen LogP contribution is -2.11. The lowest BCUT2D eigenvalue weighted by atomic mass is 10.0. The monoisotopic (exact) mass is 228 g/mol. The molecule has 2 heterocycles. The summed E-state index contributed by atoms with van der Waals surface area (Å²) in [4.78, 5) is 24.2.